The van der Waals surface area contributed by atoms with Crippen molar-refractivity contribution in [3.05, 3.63) is 58.7 Å². The fraction of sp³-hybridized carbons (Fsp3) is 0.417. The van der Waals surface area contributed by atoms with Gasteiger partial charge in [0.25, 0.3) is 0 Å². The van der Waals surface area contributed by atoms with Gasteiger partial charge in [-0.05, 0) is 51.9 Å². The molecular formula is C24H30N4O2S. The smallest absolute Gasteiger partial charge is 0.214 e. The molecule has 2 aromatic carbocycles. The molecule has 3 rings (SSSR count). The lowest BCUT2D eigenvalue weighted by atomic mass is 9.78. The Labute approximate surface area is 188 Å². The number of rotatable bonds is 5. The Bertz CT molecular complexity index is 1070. The second kappa shape index (κ2) is 8.46. The highest BCUT2D eigenvalue weighted by Gasteiger charge is 2.28. The van der Waals surface area contributed by atoms with Gasteiger partial charge in [0, 0.05) is 16.7 Å². The fourth-order valence-electron chi connectivity index (χ4n) is 3.37. The van der Waals surface area contributed by atoms with Crippen LogP contribution in [-0.2, 0) is 10.8 Å². The number of aryl methyl sites for hydroxylation is 1. The number of nitrogens with zero attached hydrogens (tertiary/aromatic N) is 4. The molecule has 0 aliphatic carbocycles. The minimum absolute atomic E-state index is 0.0275. The van der Waals surface area contributed by atoms with E-state index in [1.54, 1.807) is 4.68 Å². The molecule has 1 heterocycles. The van der Waals surface area contributed by atoms with Gasteiger partial charge in [0.05, 0.1) is 11.4 Å². The molecular weight excluding hydrogens is 408 g/mol. The van der Waals surface area contributed by atoms with Gasteiger partial charge in [0.15, 0.2) is 5.78 Å². The number of para-hydroxylation sites is 1. The second-order valence-electron chi connectivity index (χ2n) is 9.79. The van der Waals surface area contributed by atoms with Gasteiger partial charge >= 0.3 is 0 Å². The Kier molecular flexibility index (Phi) is 6.28. The van der Waals surface area contributed by atoms with Gasteiger partial charge in [-0.3, -0.25) is 4.79 Å². The van der Waals surface area contributed by atoms with Crippen molar-refractivity contribution in [1.82, 2.24) is 20.2 Å². The molecule has 0 unspecified atom stereocenters. The first-order valence-electron chi connectivity index (χ1n) is 10.3. The highest BCUT2D eigenvalue weighted by atomic mass is 32.2. The van der Waals surface area contributed by atoms with E-state index in [9.17, 15) is 9.90 Å². The molecule has 0 saturated heterocycles. The minimum Gasteiger partial charge on any atom is -0.507 e. The number of aromatic hydroxyl groups is 1. The molecule has 0 spiro atoms. The van der Waals surface area contributed by atoms with Crippen molar-refractivity contribution in [3.63, 3.8) is 0 Å². The maximum absolute atomic E-state index is 13.1. The lowest BCUT2D eigenvalue weighted by Crippen LogP contribution is -2.19. The van der Waals surface area contributed by atoms with Crippen LogP contribution in [0.3, 0.4) is 0 Å². The van der Waals surface area contributed by atoms with Crippen LogP contribution in [-0.4, -0.2) is 36.8 Å². The molecule has 0 fully saturated rings. The number of Topliss-reactive ketones (excluding diaryl/α,β-unsaturated/α-hetero) is 1. The van der Waals surface area contributed by atoms with Crippen LogP contribution in [0.1, 0.15) is 68.6 Å². The van der Waals surface area contributed by atoms with Crippen molar-refractivity contribution < 1.29 is 9.90 Å². The summed E-state index contributed by atoms with van der Waals surface area (Å²) >= 11 is 1.31. The minimum atomic E-state index is -0.289. The number of tetrazole rings is 1. The zero-order valence-electron chi connectivity index (χ0n) is 19.2. The van der Waals surface area contributed by atoms with Gasteiger partial charge in [-0.1, -0.05) is 71.5 Å². The van der Waals surface area contributed by atoms with Gasteiger partial charge < -0.3 is 5.11 Å². The monoisotopic (exact) mass is 438 g/mol. The average molecular weight is 439 g/mol. The lowest BCUT2D eigenvalue weighted by molar-refractivity contribution is 0.102. The Hall–Kier alpha value is -2.67. The van der Waals surface area contributed by atoms with Crippen molar-refractivity contribution >= 4 is 17.5 Å². The van der Waals surface area contributed by atoms with E-state index in [4.69, 9.17) is 0 Å². The third-order valence-corrected chi connectivity index (χ3v) is 6.08. The quantitative estimate of drug-likeness (QED) is 0.433. The topological polar surface area (TPSA) is 80.9 Å². The van der Waals surface area contributed by atoms with Crippen molar-refractivity contribution in [1.29, 1.82) is 0 Å². The van der Waals surface area contributed by atoms with Crippen molar-refractivity contribution in [2.75, 3.05) is 5.75 Å². The van der Waals surface area contributed by atoms with Gasteiger partial charge in [0.1, 0.15) is 5.75 Å². The van der Waals surface area contributed by atoms with Gasteiger partial charge in [-0.15, -0.1) is 5.10 Å². The van der Waals surface area contributed by atoms with Crippen LogP contribution in [0.15, 0.2) is 41.6 Å². The van der Waals surface area contributed by atoms with Crippen molar-refractivity contribution in [3.8, 4) is 11.4 Å². The number of carbonyl (C=O) groups excluding carboxylic acids is 1. The van der Waals surface area contributed by atoms with Crippen LogP contribution in [0.4, 0.5) is 0 Å². The van der Waals surface area contributed by atoms with E-state index in [0.29, 0.717) is 10.7 Å². The van der Waals surface area contributed by atoms with Crippen LogP contribution in [0.25, 0.3) is 5.69 Å². The maximum Gasteiger partial charge on any atom is 0.214 e. The molecule has 31 heavy (non-hydrogen) atoms. The van der Waals surface area contributed by atoms with Crippen molar-refractivity contribution in [2.24, 2.45) is 0 Å². The normalized spacial score (nSPS) is 12.2. The fourth-order valence-corrected chi connectivity index (χ4v) is 4.15. The summed E-state index contributed by atoms with van der Waals surface area (Å²) in [4.78, 5) is 13.1. The van der Waals surface area contributed by atoms with Gasteiger partial charge in [-0.25, -0.2) is 0 Å². The first kappa shape index (κ1) is 23.0. The Morgan fingerprint density at radius 2 is 1.61 bits per heavy atom. The number of thioether (sulfide) groups is 1. The number of ketones is 1. The highest BCUT2D eigenvalue weighted by Crippen LogP contribution is 2.40. The molecule has 0 bridgehead atoms. The van der Waals surface area contributed by atoms with E-state index < -0.39 is 0 Å². The Morgan fingerprint density at radius 1 is 1.03 bits per heavy atom. The summed E-state index contributed by atoms with van der Waals surface area (Å²) in [5, 5.41) is 23.4. The molecule has 0 radical (unpaired) electrons. The average Bonchev–Trinajstić information content (AvgIpc) is 3.13. The van der Waals surface area contributed by atoms with E-state index in [-0.39, 0.29) is 28.1 Å². The maximum atomic E-state index is 13.1. The third kappa shape index (κ3) is 4.98. The van der Waals surface area contributed by atoms with Crippen LogP contribution >= 0.6 is 11.8 Å². The van der Waals surface area contributed by atoms with Crippen LogP contribution in [0.2, 0.25) is 0 Å². The standard InChI is InChI=1S/C24H30N4O2S/c1-15-10-8-9-11-19(15)28-22(25-26-27-28)31-14-20(29)16-12-17(23(2,3)4)21(30)18(13-16)24(5,6)7/h8-13,30H,14H2,1-7H3. The van der Waals surface area contributed by atoms with E-state index >= 15 is 0 Å². The molecule has 0 saturated carbocycles. The van der Waals surface area contributed by atoms with E-state index in [1.165, 1.54) is 11.8 Å². The second-order valence-corrected chi connectivity index (χ2v) is 10.7. The summed E-state index contributed by atoms with van der Waals surface area (Å²) in [6.45, 7) is 14.2. The van der Waals surface area contributed by atoms with Crippen LogP contribution in [0.5, 0.6) is 5.75 Å². The summed E-state index contributed by atoms with van der Waals surface area (Å²) in [6.07, 6.45) is 0. The summed E-state index contributed by atoms with van der Waals surface area (Å²) < 4.78 is 1.66. The summed E-state index contributed by atoms with van der Waals surface area (Å²) in [5.74, 6) is 0.442. The van der Waals surface area contributed by atoms with Gasteiger partial charge in [0.2, 0.25) is 5.16 Å². The molecule has 0 atom stereocenters. The summed E-state index contributed by atoms with van der Waals surface area (Å²) in [5.41, 5.74) is 3.50. The zero-order chi connectivity index (χ0) is 23.0. The molecule has 7 heteroatoms. The number of hydrogen-bond donors (Lipinski definition) is 1. The van der Waals surface area contributed by atoms with Crippen molar-refractivity contribution in [2.45, 2.75) is 64.5 Å². The lowest BCUT2D eigenvalue weighted by Gasteiger charge is -2.28. The van der Waals surface area contributed by atoms with E-state index in [2.05, 4.69) is 15.5 Å². The Balaban J connectivity index is 1.90. The first-order valence-corrected chi connectivity index (χ1v) is 11.3. The number of carbonyl (C=O) groups is 1. The molecule has 0 amide bonds. The SMILES string of the molecule is Cc1ccccc1-n1nnnc1SCC(=O)c1cc(C(C)(C)C)c(O)c(C(C)(C)C)c1. The summed E-state index contributed by atoms with van der Waals surface area (Å²) in [7, 11) is 0. The molecule has 1 aromatic heterocycles. The molecule has 6 nitrogen and oxygen atoms in total. The predicted octanol–water partition coefficient (Wildman–Crippen LogP) is 5.25. The van der Waals surface area contributed by atoms with Crippen LogP contribution < -0.4 is 0 Å². The Morgan fingerprint density at radius 3 is 2.16 bits per heavy atom. The molecule has 0 aliphatic heterocycles. The zero-order valence-corrected chi connectivity index (χ0v) is 20.0. The van der Waals surface area contributed by atoms with E-state index in [0.717, 1.165) is 22.4 Å². The van der Waals surface area contributed by atoms with E-state index in [1.807, 2.05) is 84.9 Å². The number of phenols is 1. The van der Waals surface area contributed by atoms with Crippen LogP contribution in [0, 0.1) is 6.92 Å². The predicted molar refractivity (Wildman–Crippen MR) is 124 cm³/mol. The number of aromatic nitrogens is 4. The number of hydrogen-bond acceptors (Lipinski definition) is 6. The first-order chi connectivity index (χ1) is 14.4. The largest absolute Gasteiger partial charge is 0.507 e. The number of benzene rings is 2. The van der Waals surface area contributed by atoms with Gasteiger partial charge in [-0.2, -0.15) is 4.68 Å². The molecule has 164 valence electrons. The third-order valence-electron chi connectivity index (χ3n) is 5.16. The molecule has 1 N–H and O–H groups in total. The summed E-state index contributed by atoms with van der Waals surface area (Å²) in [6, 6.07) is 11.5. The molecule has 0 aliphatic rings. The molecule has 3 aromatic rings. The highest BCUT2D eigenvalue weighted by molar-refractivity contribution is 7.99. The number of phenolic OH excluding ortho intramolecular Hbond substituents is 1.